The average molecular weight is 583 g/mol. The van der Waals surface area contributed by atoms with E-state index in [9.17, 15) is 34.8 Å². The van der Waals surface area contributed by atoms with E-state index in [0.29, 0.717) is 19.3 Å². The van der Waals surface area contributed by atoms with Crippen LogP contribution in [0.2, 0.25) is 0 Å². The second-order valence-corrected chi connectivity index (χ2v) is 9.67. The molecule has 0 heterocycles. The molecular weight excluding hydrogens is 536 g/mol. The quantitative estimate of drug-likeness (QED) is 0.0573. The minimum absolute atomic E-state index is 0.0249. The van der Waals surface area contributed by atoms with Gasteiger partial charge in [0.15, 0.2) is 17.2 Å². The summed E-state index contributed by atoms with van der Waals surface area (Å²) in [4.78, 5) is 35.9. The highest BCUT2D eigenvalue weighted by Gasteiger charge is 2.19. The van der Waals surface area contributed by atoms with Crippen molar-refractivity contribution in [3.8, 4) is 17.2 Å². The summed E-state index contributed by atoms with van der Waals surface area (Å²) in [7, 11) is 0. The fraction of sp³-hybridized carbons (Fsp3) is 0.424. The van der Waals surface area contributed by atoms with Crippen molar-refractivity contribution in [2.24, 2.45) is 0 Å². The zero-order valence-corrected chi connectivity index (χ0v) is 24.5. The number of hydrogen-bond donors (Lipinski definition) is 6. The smallest absolute Gasteiger partial charge is 0.326 e. The van der Waals surface area contributed by atoms with E-state index in [1.807, 2.05) is 6.08 Å². The maximum Gasteiger partial charge on any atom is 0.326 e. The molecule has 1 aromatic carbocycles. The van der Waals surface area contributed by atoms with E-state index in [1.165, 1.54) is 0 Å². The second kappa shape index (κ2) is 22.4. The van der Waals surface area contributed by atoms with Gasteiger partial charge in [-0.2, -0.15) is 0 Å². The van der Waals surface area contributed by atoms with Crippen LogP contribution >= 0.6 is 0 Å². The van der Waals surface area contributed by atoms with E-state index in [2.05, 4.69) is 72.2 Å². The number of aromatic hydroxyl groups is 3. The van der Waals surface area contributed by atoms with Gasteiger partial charge in [0.2, 0.25) is 5.91 Å². The fourth-order valence-electron chi connectivity index (χ4n) is 3.79. The number of hydrogen-bond acceptors (Lipinski definition) is 6. The van der Waals surface area contributed by atoms with Crippen molar-refractivity contribution < 1.29 is 34.8 Å². The topological polar surface area (TPSA) is 156 Å². The summed E-state index contributed by atoms with van der Waals surface area (Å²) in [5.41, 5.74) is -0.0249. The van der Waals surface area contributed by atoms with Crippen LogP contribution in [0.25, 0.3) is 0 Å². The third kappa shape index (κ3) is 16.7. The highest BCUT2D eigenvalue weighted by Crippen LogP contribution is 2.35. The molecule has 0 bridgehead atoms. The van der Waals surface area contributed by atoms with Gasteiger partial charge >= 0.3 is 5.97 Å². The number of phenols is 3. The Balaban J connectivity index is 2.17. The lowest BCUT2D eigenvalue weighted by Crippen LogP contribution is -2.40. The van der Waals surface area contributed by atoms with Crippen LogP contribution in [0.4, 0.5) is 0 Å². The molecule has 0 aromatic heterocycles. The second-order valence-electron chi connectivity index (χ2n) is 9.67. The Labute approximate surface area is 249 Å². The predicted octanol–water partition coefficient (Wildman–Crippen LogP) is 6.19. The van der Waals surface area contributed by atoms with Gasteiger partial charge in [-0.25, -0.2) is 4.79 Å². The molecule has 0 aliphatic heterocycles. The standard InChI is InChI=1S/C33H46N2O7/c1-2-3-4-5-6-7-8-9-10-11-12-13-14-15-16-17-18-22-30(38)35-27(33(41)42)21-19-20-23-34-32(40)26-24-28(36)31(39)29(37)25-26/h3-4,6-7,9-10,12-13,15-16,24-25,27,36-37,39H,2,5,8,11,14,17-23H2,1H3,(H,34,40)(H,35,38)(H,41,42)/b4-3-,7-6-,10-9-,13-12-,16-15-. The van der Waals surface area contributed by atoms with E-state index in [0.717, 1.165) is 50.7 Å². The van der Waals surface area contributed by atoms with Crippen LogP contribution in [-0.2, 0) is 9.59 Å². The molecule has 0 aliphatic carbocycles. The Morgan fingerprint density at radius 3 is 1.81 bits per heavy atom. The Morgan fingerprint density at radius 2 is 1.29 bits per heavy atom. The van der Waals surface area contributed by atoms with Crippen LogP contribution in [0.1, 0.15) is 87.9 Å². The molecule has 0 aliphatic rings. The van der Waals surface area contributed by atoms with Gasteiger partial charge in [0.1, 0.15) is 6.04 Å². The van der Waals surface area contributed by atoms with Gasteiger partial charge in [-0.1, -0.05) is 67.7 Å². The van der Waals surface area contributed by atoms with E-state index in [-0.39, 0.29) is 30.9 Å². The number of carboxylic acids is 1. The van der Waals surface area contributed by atoms with Crippen molar-refractivity contribution in [3.63, 3.8) is 0 Å². The SMILES string of the molecule is CC/C=C\C/C=C\C/C=C\C/C=C\C/C=C\CCCC(=O)NC(CCCCNC(=O)c1cc(O)c(O)c(O)c1)C(=O)O. The number of carbonyl (C=O) groups is 3. The number of amides is 2. The number of phenolic OH excluding ortho intramolecular Hbond substituents is 3. The van der Waals surface area contributed by atoms with Crippen LogP contribution < -0.4 is 10.6 Å². The van der Waals surface area contributed by atoms with Gasteiger partial charge < -0.3 is 31.1 Å². The van der Waals surface area contributed by atoms with Crippen LogP contribution in [0.5, 0.6) is 17.2 Å². The average Bonchev–Trinajstić information content (AvgIpc) is 2.96. The number of benzene rings is 1. The minimum atomic E-state index is -1.11. The third-order valence-corrected chi connectivity index (χ3v) is 6.10. The number of aliphatic carboxylic acids is 1. The number of allylic oxidation sites excluding steroid dienone is 10. The number of carboxylic acid groups (broad SMARTS) is 1. The van der Waals surface area contributed by atoms with Gasteiger partial charge in [-0.15, -0.1) is 0 Å². The first kappa shape index (κ1) is 35.8. The molecule has 6 N–H and O–H groups in total. The molecule has 1 aromatic rings. The molecular formula is C33H46N2O7. The van der Waals surface area contributed by atoms with E-state index < -0.39 is 35.2 Å². The van der Waals surface area contributed by atoms with Crippen molar-refractivity contribution in [2.45, 2.75) is 83.6 Å². The number of unbranched alkanes of at least 4 members (excludes halogenated alkanes) is 2. The molecule has 0 radical (unpaired) electrons. The summed E-state index contributed by atoms with van der Waals surface area (Å²) >= 11 is 0. The highest BCUT2D eigenvalue weighted by molar-refractivity contribution is 5.95. The number of carbonyl (C=O) groups excluding carboxylic acids is 2. The number of rotatable bonds is 21. The largest absolute Gasteiger partial charge is 0.504 e. The molecule has 0 spiro atoms. The summed E-state index contributed by atoms with van der Waals surface area (Å²) < 4.78 is 0. The first-order valence-corrected chi connectivity index (χ1v) is 14.6. The highest BCUT2D eigenvalue weighted by atomic mass is 16.4. The fourth-order valence-corrected chi connectivity index (χ4v) is 3.79. The first-order chi connectivity index (χ1) is 20.3. The van der Waals surface area contributed by atoms with Crippen LogP contribution in [0.15, 0.2) is 72.9 Å². The monoisotopic (exact) mass is 582 g/mol. The predicted molar refractivity (Wildman–Crippen MR) is 165 cm³/mol. The maximum atomic E-state index is 12.2. The normalized spacial score (nSPS) is 12.7. The summed E-state index contributed by atoms with van der Waals surface area (Å²) in [6.07, 6.45) is 28.7. The molecule has 9 heteroatoms. The van der Waals surface area contributed by atoms with Crippen molar-refractivity contribution in [1.29, 1.82) is 0 Å². The summed E-state index contributed by atoms with van der Waals surface area (Å²) in [5, 5.41) is 43.0. The third-order valence-electron chi connectivity index (χ3n) is 6.10. The van der Waals surface area contributed by atoms with Crippen molar-refractivity contribution >= 4 is 17.8 Å². The molecule has 1 unspecified atom stereocenters. The van der Waals surface area contributed by atoms with Gasteiger partial charge in [0, 0.05) is 18.5 Å². The van der Waals surface area contributed by atoms with Crippen LogP contribution in [-0.4, -0.2) is 50.8 Å². The molecule has 9 nitrogen and oxygen atoms in total. The zero-order chi connectivity index (χ0) is 31.0. The van der Waals surface area contributed by atoms with Crippen molar-refractivity contribution in [1.82, 2.24) is 10.6 Å². The lowest BCUT2D eigenvalue weighted by atomic mass is 10.1. The van der Waals surface area contributed by atoms with Crippen molar-refractivity contribution in [3.05, 3.63) is 78.5 Å². The molecule has 2 amide bonds. The molecule has 0 saturated carbocycles. The van der Waals surface area contributed by atoms with Crippen molar-refractivity contribution in [2.75, 3.05) is 6.54 Å². The lowest BCUT2D eigenvalue weighted by molar-refractivity contribution is -0.142. The molecule has 1 rings (SSSR count). The summed E-state index contributed by atoms with van der Waals surface area (Å²) in [6, 6.07) is 1.05. The maximum absolute atomic E-state index is 12.2. The molecule has 1 atom stereocenters. The first-order valence-electron chi connectivity index (χ1n) is 14.6. The van der Waals surface area contributed by atoms with Crippen LogP contribution in [0.3, 0.4) is 0 Å². The van der Waals surface area contributed by atoms with Gasteiger partial charge in [-0.05, 0) is 76.3 Å². The van der Waals surface area contributed by atoms with Gasteiger partial charge in [-0.3, -0.25) is 9.59 Å². The molecule has 0 fully saturated rings. The summed E-state index contributed by atoms with van der Waals surface area (Å²) in [5.74, 6) is -3.91. The summed E-state index contributed by atoms with van der Waals surface area (Å²) in [6.45, 7) is 2.36. The molecule has 0 saturated heterocycles. The van der Waals surface area contributed by atoms with Crippen LogP contribution in [0, 0.1) is 0 Å². The number of nitrogens with one attached hydrogen (secondary N) is 2. The minimum Gasteiger partial charge on any atom is -0.504 e. The van der Waals surface area contributed by atoms with E-state index in [4.69, 9.17) is 0 Å². The molecule has 230 valence electrons. The Bertz CT molecular complexity index is 1100. The van der Waals surface area contributed by atoms with Gasteiger partial charge in [0.05, 0.1) is 0 Å². The Hall–Kier alpha value is -4.27. The zero-order valence-electron chi connectivity index (χ0n) is 24.5. The Kier molecular flexibility index (Phi) is 19.1. The van der Waals surface area contributed by atoms with E-state index in [1.54, 1.807) is 0 Å². The molecule has 42 heavy (non-hydrogen) atoms. The van der Waals surface area contributed by atoms with E-state index >= 15 is 0 Å². The Morgan fingerprint density at radius 1 is 0.762 bits per heavy atom. The lowest BCUT2D eigenvalue weighted by Gasteiger charge is -2.14. The van der Waals surface area contributed by atoms with Gasteiger partial charge in [0.25, 0.3) is 5.91 Å².